The fourth-order valence-corrected chi connectivity index (χ4v) is 10.9. The highest BCUT2D eigenvalue weighted by Crippen LogP contribution is 2.31. The van der Waals surface area contributed by atoms with E-state index in [9.17, 15) is 9.59 Å². The molecule has 3 aliphatic carbocycles. The Bertz CT molecular complexity index is 3780. The van der Waals surface area contributed by atoms with Crippen LogP contribution in [0, 0.1) is 28.6 Å². The number of Topliss-reactive ketones (excluding diaryl/α,β-unsaturated/α-hetero) is 1. The summed E-state index contributed by atoms with van der Waals surface area (Å²) >= 11 is 18.3. The fourth-order valence-electron chi connectivity index (χ4n) is 10.3. The second-order valence-corrected chi connectivity index (χ2v) is 21.7. The van der Waals surface area contributed by atoms with Crippen LogP contribution >= 0.6 is 34.8 Å². The Morgan fingerprint density at radius 1 is 0.595 bits per heavy atom. The van der Waals surface area contributed by atoms with E-state index in [0.29, 0.717) is 70.8 Å². The predicted octanol–water partition coefficient (Wildman–Crippen LogP) is 15.1. The van der Waals surface area contributed by atoms with Gasteiger partial charge in [0.1, 0.15) is 23.2 Å². The number of ether oxygens (including phenoxy) is 1. The monoisotopic (exact) mass is 1180 g/mol. The summed E-state index contributed by atoms with van der Waals surface area (Å²) < 4.78 is 9.93. The number of rotatable bonds is 11. The number of ketones is 1. The molecule has 20 heteroatoms. The number of carbonyl (C=O) groups excluding carboxylic acids is 2. The van der Waals surface area contributed by atoms with E-state index in [2.05, 4.69) is 66.0 Å². The van der Waals surface area contributed by atoms with Crippen molar-refractivity contribution >= 4 is 81.0 Å². The predicted molar refractivity (Wildman–Crippen MR) is 334 cm³/mol. The van der Waals surface area contributed by atoms with E-state index in [1.807, 2.05) is 135 Å². The number of carbonyl (C=O) groups is 2. The van der Waals surface area contributed by atoms with Crippen molar-refractivity contribution < 1.29 is 14.3 Å². The lowest BCUT2D eigenvalue weighted by Crippen LogP contribution is -2.26. The maximum Gasteiger partial charge on any atom is 0.302 e. The quantitative estimate of drug-likeness (QED) is 0.0624. The Hall–Kier alpha value is -8.61. The second kappa shape index (κ2) is 30.6. The first kappa shape index (κ1) is 61.5. The largest absolute Gasteiger partial charge is 0.466 e. The molecule has 3 fully saturated rings. The zero-order valence-electron chi connectivity index (χ0n) is 47.1. The molecular formula is C64H67Cl3N14O3. The number of nitriles is 2. The van der Waals surface area contributed by atoms with E-state index in [1.54, 1.807) is 19.2 Å². The van der Waals surface area contributed by atoms with Crippen molar-refractivity contribution in [2.75, 3.05) is 22.6 Å². The van der Waals surface area contributed by atoms with E-state index in [0.717, 1.165) is 132 Å². The molecule has 17 nitrogen and oxygen atoms in total. The molecule has 432 valence electrons. The van der Waals surface area contributed by atoms with Crippen LogP contribution in [-0.2, 0) is 14.3 Å². The fraction of sp³-hybridized carbons (Fsp3) is 0.312. The van der Waals surface area contributed by atoms with Crippen molar-refractivity contribution in [1.29, 1.82) is 10.5 Å². The number of benzene rings is 3. The van der Waals surface area contributed by atoms with Gasteiger partial charge in [0.15, 0.2) is 16.9 Å². The van der Waals surface area contributed by atoms with Gasteiger partial charge in [0.2, 0.25) is 0 Å². The molecule has 0 bridgehead atoms. The topological polar surface area (TPSA) is 218 Å². The third-order valence-electron chi connectivity index (χ3n) is 14.5. The third-order valence-corrected chi connectivity index (χ3v) is 15.2. The van der Waals surface area contributed by atoms with Gasteiger partial charge < -0.3 is 20.7 Å². The highest BCUT2D eigenvalue weighted by Gasteiger charge is 2.23. The Morgan fingerprint density at radius 2 is 0.976 bits per heavy atom. The standard InChI is InChI=1S/C20H20ClN5.C20H18ClN5.C18H17ClN4O.C4H8O2.C2H4/c2*21-16-3-1-2-15(12-16)18-13-23-20-9-8-19(25-26(18)20)24-17-6-4-14(5-7-17)10-11-22;19-13-3-1-2-12(10-13)16-11-20-18-9-8-17(22-23(16)18)21-14-4-6-15(24)7-5-14;1-3-6-4(2)5;1-2/h1-3,8-9,12-14,17H,4-7,10H2,(H,24,25);1-3,8-10,12-13,17H,4-7H2,(H,24,25);1-3,8-11,14H,4-7H2,(H,21,22);3H2,1-2H3;1-2H2. The van der Waals surface area contributed by atoms with E-state index in [-0.39, 0.29) is 5.97 Å². The van der Waals surface area contributed by atoms with Crippen molar-refractivity contribution in [3.8, 4) is 45.9 Å². The number of fused-ring (bicyclic) bond motifs is 3. The number of nitrogens with one attached hydrogen (secondary N) is 3. The van der Waals surface area contributed by atoms with Crippen LogP contribution in [0.3, 0.4) is 0 Å². The van der Waals surface area contributed by atoms with Gasteiger partial charge in [-0.25, -0.2) is 28.5 Å². The zero-order valence-corrected chi connectivity index (χ0v) is 49.4. The van der Waals surface area contributed by atoms with Crippen LogP contribution in [0.25, 0.3) is 50.7 Å². The number of esters is 1. The Balaban J connectivity index is 0.000000154. The van der Waals surface area contributed by atoms with Crippen molar-refractivity contribution in [2.24, 2.45) is 5.92 Å². The number of nitrogens with zero attached hydrogens (tertiary/aromatic N) is 11. The van der Waals surface area contributed by atoms with Crippen LogP contribution in [0.2, 0.25) is 15.1 Å². The minimum absolute atomic E-state index is 0.211. The minimum atomic E-state index is -0.211. The van der Waals surface area contributed by atoms with Crippen LogP contribution in [0.15, 0.2) is 153 Å². The summed E-state index contributed by atoms with van der Waals surface area (Å²) in [7, 11) is 0. The van der Waals surface area contributed by atoms with Gasteiger partial charge in [-0.15, -0.1) is 28.5 Å². The summed E-state index contributed by atoms with van der Waals surface area (Å²) in [6, 6.07) is 40.3. The molecule has 3 aromatic carbocycles. The Morgan fingerprint density at radius 3 is 1.31 bits per heavy atom. The SMILES string of the molecule is C=C.CCOC(C)=O.N#CC=C1CCC(Nc2ccc3ncc(-c4cccc(Cl)c4)n3n2)CC1.N#CCC1CCC(Nc2ccc3ncc(-c4cccc(Cl)c4)n3n2)CC1.O=C1CCC(Nc2ccc3ncc(-c4cccc(Cl)c4)n3n2)CC1. The molecule has 3 N–H and O–H groups in total. The second-order valence-electron chi connectivity index (χ2n) is 20.4. The van der Waals surface area contributed by atoms with Crippen molar-refractivity contribution in [3.63, 3.8) is 0 Å². The molecule has 84 heavy (non-hydrogen) atoms. The maximum atomic E-state index is 11.4. The minimum Gasteiger partial charge on any atom is -0.466 e. The number of imidazole rings is 3. The molecule has 0 unspecified atom stereocenters. The smallest absolute Gasteiger partial charge is 0.302 e. The van der Waals surface area contributed by atoms with E-state index in [4.69, 9.17) is 55.5 Å². The van der Waals surface area contributed by atoms with Crippen LogP contribution < -0.4 is 16.0 Å². The molecule has 6 aromatic heterocycles. The first-order valence-corrected chi connectivity index (χ1v) is 29.3. The molecule has 0 saturated heterocycles. The average Bonchev–Trinajstić information content (AvgIpc) is 4.47. The number of hydrogen-bond donors (Lipinski definition) is 3. The molecule has 0 spiro atoms. The number of allylic oxidation sites excluding steroid dienone is 2. The van der Waals surface area contributed by atoms with Crippen molar-refractivity contribution in [1.82, 2.24) is 43.8 Å². The molecule has 0 amide bonds. The molecule has 0 radical (unpaired) electrons. The van der Waals surface area contributed by atoms with Crippen LogP contribution in [0.1, 0.15) is 97.3 Å². The van der Waals surface area contributed by atoms with Gasteiger partial charge in [-0.05, 0) is 150 Å². The van der Waals surface area contributed by atoms with Crippen LogP contribution in [0.4, 0.5) is 17.5 Å². The normalized spacial score (nSPS) is 16.6. The summed E-state index contributed by atoms with van der Waals surface area (Å²) in [5.41, 5.74) is 9.32. The summed E-state index contributed by atoms with van der Waals surface area (Å²) in [6.07, 6.45) is 19.2. The van der Waals surface area contributed by atoms with E-state index in [1.165, 1.54) is 12.5 Å². The van der Waals surface area contributed by atoms with Crippen molar-refractivity contribution in [3.05, 3.63) is 168 Å². The van der Waals surface area contributed by atoms with Gasteiger partial charge in [-0.1, -0.05) is 76.8 Å². The van der Waals surface area contributed by atoms with Gasteiger partial charge >= 0.3 is 5.97 Å². The molecule has 0 atom stereocenters. The van der Waals surface area contributed by atoms with Crippen LogP contribution in [-0.4, -0.2) is 80.3 Å². The molecule has 9 aromatic rings. The number of hydrogen-bond acceptors (Lipinski definition) is 14. The van der Waals surface area contributed by atoms with Crippen molar-refractivity contribution in [2.45, 2.75) is 115 Å². The lowest BCUT2D eigenvalue weighted by Gasteiger charge is -2.28. The number of anilines is 3. The summed E-state index contributed by atoms with van der Waals surface area (Å²) in [5, 5.41) is 44.3. The average molecular weight is 1190 g/mol. The molecule has 0 aliphatic heterocycles. The van der Waals surface area contributed by atoms with Gasteiger partial charge in [0.05, 0.1) is 54.4 Å². The van der Waals surface area contributed by atoms with E-state index < -0.39 is 0 Å². The third kappa shape index (κ3) is 17.0. The number of halogens is 3. The zero-order chi connectivity index (χ0) is 59.4. The Kier molecular flexibility index (Phi) is 22.4. The summed E-state index contributed by atoms with van der Waals surface area (Å²) in [6.45, 7) is 9.65. The van der Waals surface area contributed by atoms with Gasteiger partial charge in [-0.3, -0.25) is 9.59 Å². The van der Waals surface area contributed by atoms with Gasteiger partial charge in [0, 0.05) is 82.1 Å². The maximum absolute atomic E-state index is 11.4. The summed E-state index contributed by atoms with van der Waals surface area (Å²) in [5.74, 6) is 3.17. The lowest BCUT2D eigenvalue weighted by atomic mass is 9.84. The Labute approximate surface area is 504 Å². The molecule has 12 rings (SSSR count). The highest BCUT2D eigenvalue weighted by atomic mass is 35.5. The highest BCUT2D eigenvalue weighted by molar-refractivity contribution is 6.31. The molecule has 6 heterocycles. The van der Waals surface area contributed by atoms with Gasteiger partial charge in [0.25, 0.3) is 0 Å². The lowest BCUT2D eigenvalue weighted by molar-refractivity contribution is -0.140. The molecular weight excluding hydrogens is 1120 g/mol. The van der Waals surface area contributed by atoms with Crippen LogP contribution in [0.5, 0.6) is 0 Å². The number of aromatic nitrogens is 9. The van der Waals surface area contributed by atoms with E-state index >= 15 is 0 Å². The molecule has 3 aliphatic rings. The first-order chi connectivity index (χ1) is 40.9. The first-order valence-electron chi connectivity index (χ1n) is 28.1. The summed E-state index contributed by atoms with van der Waals surface area (Å²) in [4.78, 5) is 34.5. The van der Waals surface area contributed by atoms with Gasteiger partial charge in [-0.2, -0.15) is 10.5 Å². The molecule has 3 saturated carbocycles.